The minimum atomic E-state index is -3.65. The summed E-state index contributed by atoms with van der Waals surface area (Å²) in [6.45, 7) is 2.41. The first-order valence-electron chi connectivity index (χ1n) is 8.27. The Kier molecular flexibility index (Phi) is 6.50. The number of nitriles is 1. The van der Waals surface area contributed by atoms with E-state index in [0.29, 0.717) is 17.8 Å². The fourth-order valence-corrected chi connectivity index (χ4v) is 3.62. The first-order chi connectivity index (χ1) is 12.4. The molecule has 1 N–H and O–H groups in total. The number of carbonyl (C=O) groups is 1. The first kappa shape index (κ1) is 19.6. The van der Waals surface area contributed by atoms with Crippen molar-refractivity contribution in [1.29, 1.82) is 5.26 Å². The molecule has 0 fully saturated rings. The summed E-state index contributed by atoms with van der Waals surface area (Å²) in [5.41, 5.74) is 0.931. The van der Waals surface area contributed by atoms with Crippen LogP contribution < -0.4 is 5.32 Å². The zero-order valence-electron chi connectivity index (χ0n) is 14.8. The Labute approximate surface area is 154 Å². The summed E-state index contributed by atoms with van der Waals surface area (Å²) in [6, 6.07) is 14.5. The van der Waals surface area contributed by atoms with Gasteiger partial charge in [-0.25, -0.2) is 12.7 Å². The lowest BCUT2D eigenvalue weighted by molar-refractivity contribution is 0.102. The molecule has 26 heavy (non-hydrogen) atoms. The Morgan fingerprint density at radius 1 is 1.19 bits per heavy atom. The topological polar surface area (TPSA) is 90.3 Å². The van der Waals surface area contributed by atoms with Crippen molar-refractivity contribution in [1.82, 2.24) is 4.31 Å². The maximum atomic E-state index is 12.6. The van der Waals surface area contributed by atoms with Gasteiger partial charge in [0.25, 0.3) is 5.91 Å². The minimum absolute atomic E-state index is 0.0670. The molecule has 0 saturated carbocycles. The normalized spacial score (nSPS) is 11.2. The largest absolute Gasteiger partial charge is 0.321 e. The molecule has 2 rings (SSSR count). The van der Waals surface area contributed by atoms with Crippen molar-refractivity contribution >= 4 is 21.6 Å². The Bertz CT molecular complexity index is 933. The Morgan fingerprint density at radius 3 is 2.62 bits per heavy atom. The summed E-state index contributed by atoms with van der Waals surface area (Å²) < 4.78 is 26.5. The molecular weight excluding hydrogens is 350 g/mol. The van der Waals surface area contributed by atoms with Crippen LogP contribution >= 0.6 is 0 Å². The quantitative estimate of drug-likeness (QED) is 0.809. The van der Waals surface area contributed by atoms with Crippen LogP contribution in [0.5, 0.6) is 0 Å². The first-order valence-corrected chi connectivity index (χ1v) is 9.71. The van der Waals surface area contributed by atoms with E-state index >= 15 is 0 Å². The number of sulfonamides is 1. The molecule has 2 aromatic rings. The zero-order chi connectivity index (χ0) is 19.2. The number of unbranched alkanes of at least 4 members (excludes halogenated alkanes) is 1. The van der Waals surface area contributed by atoms with Gasteiger partial charge < -0.3 is 5.32 Å². The fraction of sp³-hybridized carbons (Fsp3) is 0.263. The molecule has 0 atom stereocenters. The van der Waals surface area contributed by atoms with Crippen molar-refractivity contribution < 1.29 is 13.2 Å². The summed E-state index contributed by atoms with van der Waals surface area (Å²) in [5.74, 6) is -0.471. The summed E-state index contributed by atoms with van der Waals surface area (Å²) in [6.07, 6.45) is 1.65. The third-order valence-corrected chi connectivity index (χ3v) is 5.78. The van der Waals surface area contributed by atoms with Gasteiger partial charge in [0.05, 0.1) is 16.1 Å². The molecule has 0 bridgehead atoms. The average molecular weight is 371 g/mol. The molecule has 1 amide bonds. The van der Waals surface area contributed by atoms with E-state index < -0.39 is 15.9 Å². The third kappa shape index (κ3) is 4.48. The van der Waals surface area contributed by atoms with Crippen LogP contribution in [0, 0.1) is 11.3 Å². The Balaban J connectivity index is 2.26. The minimum Gasteiger partial charge on any atom is -0.321 e. The molecule has 7 heteroatoms. The van der Waals surface area contributed by atoms with Gasteiger partial charge in [-0.15, -0.1) is 0 Å². The van der Waals surface area contributed by atoms with Crippen LogP contribution in [-0.4, -0.2) is 32.2 Å². The van der Waals surface area contributed by atoms with Crippen LogP contribution in [0.25, 0.3) is 0 Å². The monoisotopic (exact) mass is 371 g/mol. The smallest absolute Gasteiger partial charge is 0.255 e. The molecule has 0 aliphatic carbocycles. The van der Waals surface area contributed by atoms with Crippen LogP contribution in [0.1, 0.15) is 35.7 Å². The molecule has 0 radical (unpaired) electrons. The molecule has 2 aromatic carbocycles. The van der Waals surface area contributed by atoms with E-state index in [1.54, 1.807) is 24.3 Å². The molecule has 0 aliphatic heterocycles. The highest BCUT2D eigenvalue weighted by atomic mass is 32.2. The van der Waals surface area contributed by atoms with Crippen LogP contribution in [0.4, 0.5) is 5.69 Å². The maximum absolute atomic E-state index is 12.6. The summed E-state index contributed by atoms with van der Waals surface area (Å²) in [7, 11) is -2.12. The number of benzene rings is 2. The molecule has 0 aromatic heterocycles. The van der Waals surface area contributed by atoms with Crippen molar-refractivity contribution in [2.45, 2.75) is 24.7 Å². The number of rotatable bonds is 7. The van der Waals surface area contributed by atoms with Crippen molar-refractivity contribution in [2.75, 3.05) is 18.9 Å². The van der Waals surface area contributed by atoms with Gasteiger partial charge in [0.15, 0.2) is 0 Å². The molecule has 6 nitrogen and oxygen atoms in total. The highest BCUT2D eigenvalue weighted by molar-refractivity contribution is 7.89. The van der Waals surface area contributed by atoms with Crippen LogP contribution in [0.2, 0.25) is 0 Å². The van der Waals surface area contributed by atoms with E-state index in [9.17, 15) is 13.2 Å². The average Bonchev–Trinajstić information content (AvgIpc) is 2.66. The molecule has 136 valence electrons. The van der Waals surface area contributed by atoms with Gasteiger partial charge in [-0.05, 0) is 36.8 Å². The van der Waals surface area contributed by atoms with E-state index in [4.69, 9.17) is 5.26 Å². The van der Waals surface area contributed by atoms with E-state index in [2.05, 4.69) is 5.32 Å². The van der Waals surface area contributed by atoms with Crippen molar-refractivity contribution in [3.63, 3.8) is 0 Å². The SMILES string of the molecule is CCCCN(C)S(=O)(=O)c1cccc(C(=O)Nc2ccccc2C#N)c1. The number of para-hydroxylation sites is 1. The second-order valence-electron chi connectivity index (χ2n) is 5.82. The van der Waals surface area contributed by atoms with Gasteiger partial charge in [-0.1, -0.05) is 31.5 Å². The van der Waals surface area contributed by atoms with Gasteiger partial charge in [-0.3, -0.25) is 4.79 Å². The van der Waals surface area contributed by atoms with Gasteiger partial charge >= 0.3 is 0 Å². The highest BCUT2D eigenvalue weighted by Gasteiger charge is 2.21. The number of nitrogens with zero attached hydrogens (tertiary/aromatic N) is 2. The number of hydrogen-bond donors (Lipinski definition) is 1. The summed E-state index contributed by atoms with van der Waals surface area (Å²) in [5, 5.41) is 11.7. The number of hydrogen-bond acceptors (Lipinski definition) is 4. The number of nitrogens with one attached hydrogen (secondary N) is 1. The zero-order valence-corrected chi connectivity index (χ0v) is 15.6. The number of amides is 1. The van der Waals surface area contributed by atoms with E-state index in [-0.39, 0.29) is 10.5 Å². The molecule has 0 unspecified atom stereocenters. The van der Waals surface area contributed by atoms with Crippen molar-refractivity contribution in [2.24, 2.45) is 0 Å². The second-order valence-corrected chi connectivity index (χ2v) is 7.86. The molecular formula is C19H21N3O3S. The third-order valence-electron chi connectivity index (χ3n) is 3.93. The summed E-state index contributed by atoms with van der Waals surface area (Å²) in [4.78, 5) is 12.5. The van der Waals surface area contributed by atoms with Gasteiger partial charge in [0.2, 0.25) is 10.0 Å². The van der Waals surface area contributed by atoms with E-state index in [1.807, 2.05) is 13.0 Å². The molecule has 0 saturated heterocycles. The lowest BCUT2D eigenvalue weighted by atomic mass is 10.1. The van der Waals surface area contributed by atoms with Crippen molar-refractivity contribution in [3.05, 3.63) is 59.7 Å². The van der Waals surface area contributed by atoms with E-state index in [1.165, 1.54) is 35.6 Å². The second kappa shape index (κ2) is 8.61. The van der Waals surface area contributed by atoms with Gasteiger partial charge in [0, 0.05) is 19.2 Å². The van der Waals surface area contributed by atoms with Crippen molar-refractivity contribution in [3.8, 4) is 6.07 Å². The van der Waals surface area contributed by atoms with Crippen LogP contribution in [0.15, 0.2) is 53.4 Å². The van der Waals surface area contributed by atoms with Crippen LogP contribution in [-0.2, 0) is 10.0 Å². The maximum Gasteiger partial charge on any atom is 0.255 e. The highest BCUT2D eigenvalue weighted by Crippen LogP contribution is 2.19. The predicted octanol–water partition coefficient (Wildman–Crippen LogP) is 3.23. The molecule has 0 aliphatic rings. The standard InChI is InChI=1S/C19H21N3O3S/c1-3-4-12-22(2)26(24,25)17-10-7-9-15(13-17)19(23)21-18-11-6-5-8-16(18)14-20/h5-11,13H,3-4,12H2,1-2H3,(H,21,23). The Morgan fingerprint density at radius 2 is 1.92 bits per heavy atom. The molecule has 0 heterocycles. The molecule has 0 spiro atoms. The Hall–Kier alpha value is -2.69. The lowest BCUT2D eigenvalue weighted by Crippen LogP contribution is -2.28. The number of anilines is 1. The van der Waals surface area contributed by atoms with E-state index in [0.717, 1.165) is 12.8 Å². The fourth-order valence-electron chi connectivity index (χ4n) is 2.36. The predicted molar refractivity (Wildman–Crippen MR) is 100 cm³/mol. The van der Waals surface area contributed by atoms with Gasteiger partial charge in [0.1, 0.15) is 6.07 Å². The lowest BCUT2D eigenvalue weighted by Gasteiger charge is -2.17. The van der Waals surface area contributed by atoms with Crippen LogP contribution in [0.3, 0.4) is 0 Å². The number of carbonyl (C=O) groups excluding carboxylic acids is 1. The van der Waals surface area contributed by atoms with Gasteiger partial charge in [-0.2, -0.15) is 5.26 Å². The summed E-state index contributed by atoms with van der Waals surface area (Å²) >= 11 is 0.